The molecule has 0 spiro atoms. The van der Waals surface area contributed by atoms with E-state index >= 15 is 0 Å². The average Bonchev–Trinajstić information content (AvgIpc) is 3.42. The van der Waals surface area contributed by atoms with E-state index < -0.39 is 0 Å². The molecule has 134 valence electrons. The van der Waals surface area contributed by atoms with E-state index in [1.165, 1.54) is 6.33 Å². The van der Waals surface area contributed by atoms with Gasteiger partial charge in [0, 0.05) is 0 Å². The summed E-state index contributed by atoms with van der Waals surface area (Å²) in [5.74, 6) is 0.601. The minimum atomic E-state index is -0.175. The molecule has 11 nitrogen and oxygen atoms in total. The standard InChI is InChI=1S/C15H16N8O3/c16-11-5-24-14-12(6-25-13(11)14)23-15(19-20-21-23)26-10-3-1-9(2-4-10)22-8-17-7-18-22/h1-4,7-8,11-14H,5-6,16H2/t11-,12+,13-,14+/m0/s1. The zero-order valence-corrected chi connectivity index (χ0v) is 13.6. The Morgan fingerprint density at radius 1 is 1.12 bits per heavy atom. The Labute approximate surface area is 147 Å². The van der Waals surface area contributed by atoms with E-state index in [0.717, 1.165) is 5.69 Å². The van der Waals surface area contributed by atoms with Crippen LogP contribution in [0.1, 0.15) is 6.04 Å². The summed E-state index contributed by atoms with van der Waals surface area (Å²) in [5, 5.41) is 15.8. The van der Waals surface area contributed by atoms with E-state index in [1.807, 2.05) is 24.3 Å². The van der Waals surface area contributed by atoms with Crippen molar-refractivity contribution in [1.29, 1.82) is 0 Å². The van der Waals surface area contributed by atoms with Gasteiger partial charge in [-0.1, -0.05) is 5.10 Å². The fraction of sp³-hybridized carbons (Fsp3) is 0.400. The first kappa shape index (κ1) is 15.4. The molecule has 4 heterocycles. The van der Waals surface area contributed by atoms with Crippen molar-refractivity contribution >= 4 is 0 Å². The summed E-state index contributed by atoms with van der Waals surface area (Å²) in [6.45, 7) is 0.892. The van der Waals surface area contributed by atoms with Crippen LogP contribution in [0.2, 0.25) is 0 Å². The van der Waals surface area contributed by atoms with Crippen molar-refractivity contribution in [2.45, 2.75) is 24.3 Å². The Balaban J connectivity index is 1.35. The minimum Gasteiger partial charge on any atom is -0.423 e. The van der Waals surface area contributed by atoms with Crippen molar-refractivity contribution in [1.82, 2.24) is 35.0 Å². The second-order valence-corrected chi connectivity index (χ2v) is 6.17. The number of hydrogen-bond acceptors (Lipinski definition) is 9. The van der Waals surface area contributed by atoms with Gasteiger partial charge in [-0.15, -0.1) is 0 Å². The van der Waals surface area contributed by atoms with E-state index in [9.17, 15) is 0 Å². The highest BCUT2D eigenvalue weighted by molar-refractivity contribution is 5.37. The van der Waals surface area contributed by atoms with Crippen molar-refractivity contribution in [2.24, 2.45) is 5.73 Å². The van der Waals surface area contributed by atoms with Gasteiger partial charge in [0.1, 0.15) is 36.7 Å². The summed E-state index contributed by atoms with van der Waals surface area (Å²) in [6, 6.07) is 7.33. The number of aromatic nitrogens is 7. The highest BCUT2D eigenvalue weighted by atomic mass is 16.6. The van der Waals surface area contributed by atoms with E-state index in [1.54, 1.807) is 15.7 Å². The lowest BCUT2D eigenvalue weighted by Crippen LogP contribution is -2.36. The van der Waals surface area contributed by atoms with Crippen LogP contribution >= 0.6 is 0 Å². The van der Waals surface area contributed by atoms with Crippen molar-refractivity contribution in [2.75, 3.05) is 13.2 Å². The van der Waals surface area contributed by atoms with Gasteiger partial charge in [0.25, 0.3) is 0 Å². The lowest BCUT2D eigenvalue weighted by molar-refractivity contribution is 0.0617. The topological polar surface area (TPSA) is 128 Å². The molecule has 4 atom stereocenters. The maximum atomic E-state index is 6.00. The molecule has 2 N–H and O–H groups in total. The lowest BCUT2D eigenvalue weighted by Gasteiger charge is -2.16. The molecule has 1 aromatic carbocycles. The molecule has 0 unspecified atom stereocenters. The predicted octanol–water partition coefficient (Wildman–Crippen LogP) is -0.288. The van der Waals surface area contributed by atoms with E-state index in [2.05, 4.69) is 25.6 Å². The first-order valence-electron chi connectivity index (χ1n) is 8.19. The Kier molecular flexibility index (Phi) is 3.62. The minimum absolute atomic E-state index is 0.129. The Bertz CT molecular complexity index is 881. The number of hydrogen-bond donors (Lipinski definition) is 1. The van der Waals surface area contributed by atoms with Crippen LogP contribution in [-0.2, 0) is 9.47 Å². The second kappa shape index (κ2) is 6.12. The third-order valence-electron chi connectivity index (χ3n) is 4.57. The first-order valence-corrected chi connectivity index (χ1v) is 8.19. The van der Waals surface area contributed by atoms with E-state index in [0.29, 0.717) is 19.0 Å². The number of ether oxygens (including phenoxy) is 3. The van der Waals surface area contributed by atoms with Gasteiger partial charge in [-0.05, 0) is 34.7 Å². The third-order valence-corrected chi connectivity index (χ3v) is 4.57. The van der Waals surface area contributed by atoms with Gasteiger partial charge in [-0.3, -0.25) is 0 Å². The normalized spacial score (nSPS) is 27.6. The van der Waals surface area contributed by atoms with Crippen LogP contribution in [0.5, 0.6) is 11.8 Å². The lowest BCUT2D eigenvalue weighted by atomic mass is 10.1. The largest absolute Gasteiger partial charge is 0.423 e. The molecule has 26 heavy (non-hydrogen) atoms. The number of tetrazole rings is 1. The van der Waals surface area contributed by atoms with Crippen LogP contribution in [0.4, 0.5) is 0 Å². The smallest absolute Gasteiger partial charge is 0.341 e. The van der Waals surface area contributed by atoms with E-state index in [4.69, 9.17) is 19.9 Å². The molecule has 0 radical (unpaired) electrons. The number of nitrogens with zero attached hydrogens (tertiary/aromatic N) is 7. The molecule has 5 rings (SSSR count). The molecule has 0 amide bonds. The van der Waals surface area contributed by atoms with Crippen molar-refractivity contribution in [3.05, 3.63) is 36.9 Å². The van der Waals surface area contributed by atoms with Gasteiger partial charge in [0.2, 0.25) is 0 Å². The summed E-state index contributed by atoms with van der Waals surface area (Å²) in [5.41, 5.74) is 6.87. The molecule has 0 bridgehead atoms. The summed E-state index contributed by atoms with van der Waals surface area (Å²) >= 11 is 0. The van der Waals surface area contributed by atoms with Gasteiger partial charge in [0.05, 0.1) is 24.9 Å². The quantitative estimate of drug-likeness (QED) is 0.670. The number of fused-ring (bicyclic) bond motifs is 1. The fourth-order valence-corrected chi connectivity index (χ4v) is 3.29. The van der Waals surface area contributed by atoms with Crippen LogP contribution < -0.4 is 10.5 Å². The fourth-order valence-electron chi connectivity index (χ4n) is 3.29. The van der Waals surface area contributed by atoms with Crippen molar-refractivity contribution < 1.29 is 14.2 Å². The summed E-state index contributed by atoms with van der Waals surface area (Å²) in [4.78, 5) is 3.93. The Morgan fingerprint density at radius 2 is 1.96 bits per heavy atom. The molecule has 2 aliphatic rings. The number of benzene rings is 1. The molecule has 2 aromatic heterocycles. The van der Waals surface area contributed by atoms with Crippen LogP contribution in [0.15, 0.2) is 36.9 Å². The second-order valence-electron chi connectivity index (χ2n) is 6.17. The monoisotopic (exact) mass is 356 g/mol. The predicted molar refractivity (Wildman–Crippen MR) is 85.7 cm³/mol. The maximum absolute atomic E-state index is 6.00. The van der Waals surface area contributed by atoms with Gasteiger partial charge < -0.3 is 19.9 Å². The summed E-state index contributed by atoms with van der Waals surface area (Å²) in [6.07, 6.45) is 2.79. The molecule has 0 aliphatic carbocycles. The Hall–Kier alpha value is -2.89. The zero-order valence-electron chi connectivity index (χ0n) is 13.6. The van der Waals surface area contributed by atoms with Crippen LogP contribution in [-0.4, -0.2) is 66.4 Å². The highest BCUT2D eigenvalue weighted by Crippen LogP contribution is 2.35. The third kappa shape index (κ3) is 2.53. The molecule has 3 aromatic rings. The number of nitrogens with two attached hydrogens (primary N) is 1. The summed E-state index contributed by atoms with van der Waals surface area (Å²) < 4.78 is 20.6. The maximum Gasteiger partial charge on any atom is 0.341 e. The molecule has 2 aliphatic heterocycles. The SMILES string of the molecule is N[C@H]1CO[C@H]2[C@H]1OC[C@H]2n1nnnc1Oc1ccc(-n2cncn2)cc1. The van der Waals surface area contributed by atoms with Crippen LogP contribution in [0, 0.1) is 0 Å². The van der Waals surface area contributed by atoms with E-state index in [-0.39, 0.29) is 30.3 Å². The molecule has 2 fully saturated rings. The Morgan fingerprint density at radius 3 is 2.77 bits per heavy atom. The molecule has 11 heteroatoms. The number of rotatable bonds is 4. The molecule has 2 saturated heterocycles. The zero-order chi connectivity index (χ0) is 17.5. The van der Waals surface area contributed by atoms with Gasteiger partial charge in [0.15, 0.2) is 0 Å². The van der Waals surface area contributed by atoms with Crippen molar-refractivity contribution in [3.8, 4) is 17.4 Å². The van der Waals surface area contributed by atoms with Crippen molar-refractivity contribution in [3.63, 3.8) is 0 Å². The van der Waals surface area contributed by atoms with Gasteiger partial charge >= 0.3 is 6.01 Å². The highest BCUT2D eigenvalue weighted by Gasteiger charge is 2.48. The average molecular weight is 356 g/mol. The van der Waals surface area contributed by atoms with Gasteiger partial charge in [-0.2, -0.15) is 9.78 Å². The molecular formula is C15H16N8O3. The van der Waals surface area contributed by atoms with Gasteiger partial charge in [-0.25, -0.2) is 9.67 Å². The van der Waals surface area contributed by atoms with Crippen LogP contribution in [0.3, 0.4) is 0 Å². The first-order chi connectivity index (χ1) is 12.8. The molecular weight excluding hydrogens is 340 g/mol. The van der Waals surface area contributed by atoms with Crippen LogP contribution in [0.25, 0.3) is 5.69 Å². The molecule has 0 saturated carbocycles. The summed E-state index contributed by atoms with van der Waals surface area (Å²) in [7, 11) is 0.